The minimum absolute atomic E-state index is 0.315. The highest BCUT2D eigenvalue weighted by molar-refractivity contribution is 4.99. The highest BCUT2D eigenvalue weighted by Crippen LogP contribution is 2.34. The molecule has 64 valence electrons. The van der Waals surface area contributed by atoms with E-state index in [1.807, 2.05) is 0 Å². The van der Waals surface area contributed by atoms with Crippen molar-refractivity contribution in [1.82, 2.24) is 4.90 Å². The number of hydrogen-bond donors (Lipinski definition) is 0. The Kier molecular flexibility index (Phi) is 1.90. The maximum atomic E-state index is 5.71. The molecule has 2 fully saturated rings. The molecule has 0 saturated carbocycles. The fourth-order valence-electron chi connectivity index (χ4n) is 2.25. The maximum Gasteiger partial charge on any atom is 0.0935 e. The molecule has 0 aliphatic carbocycles. The van der Waals surface area contributed by atoms with E-state index in [0.29, 0.717) is 5.60 Å². The summed E-state index contributed by atoms with van der Waals surface area (Å²) in [5, 5.41) is 0. The quantitative estimate of drug-likeness (QED) is 0.595. The zero-order valence-electron chi connectivity index (χ0n) is 7.31. The monoisotopic (exact) mass is 155 g/mol. The largest absolute Gasteiger partial charge is 0.372 e. The van der Waals surface area contributed by atoms with E-state index in [2.05, 4.69) is 11.8 Å². The van der Waals surface area contributed by atoms with Crippen molar-refractivity contribution in [3.63, 3.8) is 0 Å². The first kappa shape index (κ1) is 7.56. The standard InChI is InChI=1S/C9H17NO/c1-2-5-10-7-9(8-10)4-3-6-11-9/h2-8H2,1H3. The molecular weight excluding hydrogens is 138 g/mol. The molecule has 2 nitrogen and oxygen atoms in total. The van der Waals surface area contributed by atoms with Crippen LogP contribution in [0.3, 0.4) is 0 Å². The molecule has 0 aromatic carbocycles. The molecule has 0 bridgehead atoms. The van der Waals surface area contributed by atoms with Crippen molar-refractivity contribution in [3.8, 4) is 0 Å². The Balaban J connectivity index is 1.77. The van der Waals surface area contributed by atoms with Crippen LogP contribution in [0, 0.1) is 0 Å². The van der Waals surface area contributed by atoms with Gasteiger partial charge in [0.05, 0.1) is 5.60 Å². The average molecular weight is 155 g/mol. The van der Waals surface area contributed by atoms with E-state index < -0.39 is 0 Å². The molecule has 2 aliphatic heterocycles. The molecule has 0 unspecified atom stereocenters. The molecule has 0 radical (unpaired) electrons. The lowest BCUT2D eigenvalue weighted by Gasteiger charge is -2.47. The lowest BCUT2D eigenvalue weighted by molar-refractivity contribution is -0.110. The third-order valence-electron chi connectivity index (χ3n) is 2.75. The summed E-state index contributed by atoms with van der Waals surface area (Å²) in [7, 11) is 0. The van der Waals surface area contributed by atoms with Gasteiger partial charge < -0.3 is 4.74 Å². The molecule has 0 atom stereocenters. The average Bonchev–Trinajstić information content (AvgIpc) is 2.35. The van der Waals surface area contributed by atoms with E-state index in [-0.39, 0.29) is 0 Å². The summed E-state index contributed by atoms with van der Waals surface area (Å²) in [5.41, 5.74) is 0.315. The number of nitrogens with zero attached hydrogens (tertiary/aromatic N) is 1. The van der Waals surface area contributed by atoms with Gasteiger partial charge in [-0.2, -0.15) is 0 Å². The lowest BCUT2D eigenvalue weighted by Crippen LogP contribution is -2.61. The van der Waals surface area contributed by atoms with E-state index in [1.165, 1.54) is 38.9 Å². The molecule has 2 heteroatoms. The van der Waals surface area contributed by atoms with Gasteiger partial charge in [-0.05, 0) is 25.8 Å². The minimum Gasteiger partial charge on any atom is -0.372 e. The van der Waals surface area contributed by atoms with Gasteiger partial charge in [0, 0.05) is 19.7 Å². The van der Waals surface area contributed by atoms with Gasteiger partial charge in [0.25, 0.3) is 0 Å². The Morgan fingerprint density at radius 3 is 2.82 bits per heavy atom. The highest BCUT2D eigenvalue weighted by Gasteiger charge is 2.45. The molecule has 2 heterocycles. The summed E-state index contributed by atoms with van der Waals surface area (Å²) in [6.45, 7) is 6.88. The van der Waals surface area contributed by atoms with Crippen LogP contribution in [0.15, 0.2) is 0 Å². The maximum absolute atomic E-state index is 5.71. The van der Waals surface area contributed by atoms with E-state index >= 15 is 0 Å². The smallest absolute Gasteiger partial charge is 0.0935 e. The van der Waals surface area contributed by atoms with Crippen molar-refractivity contribution in [3.05, 3.63) is 0 Å². The van der Waals surface area contributed by atoms with Crippen LogP contribution in [-0.2, 0) is 4.74 Å². The van der Waals surface area contributed by atoms with Gasteiger partial charge in [0.15, 0.2) is 0 Å². The fraction of sp³-hybridized carbons (Fsp3) is 1.00. The van der Waals surface area contributed by atoms with Crippen molar-refractivity contribution >= 4 is 0 Å². The van der Waals surface area contributed by atoms with Crippen LogP contribution in [0.2, 0.25) is 0 Å². The molecular formula is C9H17NO. The van der Waals surface area contributed by atoms with Crippen LogP contribution in [0.25, 0.3) is 0 Å². The third kappa shape index (κ3) is 1.30. The van der Waals surface area contributed by atoms with Crippen LogP contribution in [0.1, 0.15) is 26.2 Å². The second-order valence-corrected chi connectivity index (χ2v) is 3.85. The molecule has 0 amide bonds. The SMILES string of the molecule is CCCN1CC2(CCCO2)C1. The summed E-state index contributed by atoms with van der Waals surface area (Å²) in [4.78, 5) is 2.49. The Morgan fingerprint density at radius 2 is 2.27 bits per heavy atom. The predicted molar refractivity (Wildman–Crippen MR) is 44.6 cm³/mol. The second-order valence-electron chi connectivity index (χ2n) is 3.85. The van der Waals surface area contributed by atoms with Crippen molar-refractivity contribution in [2.75, 3.05) is 26.2 Å². The number of likely N-dealkylation sites (tertiary alicyclic amines) is 1. The second kappa shape index (κ2) is 2.76. The molecule has 2 rings (SSSR count). The number of rotatable bonds is 2. The summed E-state index contributed by atoms with van der Waals surface area (Å²) in [5.74, 6) is 0. The van der Waals surface area contributed by atoms with E-state index in [1.54, 1.807) is 0 Å². The summed E-state index contributed by atoms with van der Waals surface area (Å²) in [6.07, 6.45) is 3.85. The van der Waals surface area contributed by atoms with Gasteiger partial charge in [0.2, 0.25) is 0 Å². The molecule has 0 aromatic heterocycles. The first-order valence-corrected chi connectivity index (χ1v) is 4.71. The van der Waals surface area contributed by atoms with E-state index in [9.17, 15) is 0 Å². The Morgan fingerprint density at radius 1 is 1.45 bits per heavy atom. The zero-order valence-corrected chi connectivity index (χ0v) is 7.31. The van der Waals surface area contributed by atoms with E-state index in [4.69, 9.17) is 4.74 Å². The van der Waals surface area contributed by atoms with Crippen LogP contribution >= 0.6 is 0 Å². The Bertz CT molecular complexity index is 132. The summed E-state index contributed by atoms with van der Waals surface area (Å²) >= 11 is 0. The van der Waals surface area contributed by atoms with Crippen LogP contribution < -0.4 is 0 Å². The molecule has 2 aliphatic rings. The van der Waals surface area contributed by atoms with E-state index in [0.717, 1.165) is 6.61 Å². The van der Waals surface area contributed by atoms with Crippen molar-refractivity contribution < 1.29 is 4.74 Å². The van der Waals surface area contributed by atoms with Gasteiger partial charge in [0.1, 0.15) is 0 Å². The summed E-state index contributed by atoms with van der Waals surface area (Å²) < 4.78 is 5.71. The fourth-order valence-corrected chi connectivity index (χ4v) is 2.25. The first-order valence-electron chi connectivity index (χ1n) is 4.71. The van der Waals surface area contributed by atoms with Crippen molar-refractivity contribution in [2.24, 2.45) is 0 Å². The minimum atomic E-state index is 0.315. The lowest BCUT2D eigenvalue weighted by atomic mass is 9.91. The van der Waals surface area contributed by atoms with Gasteiger partial charge in [-0.15, -0.1) is 0 Å². The van der Waals surface area contributed by atoms with Gasteiger partial charge in [-0.1, -0.05) is 6.92 Å². The van der Waals surface area contributed by atoms with Crippen LogP contribution in [-0.4, -0.2) is 36.7 Å². The first-order chi connectivity index (χ1) is 5.35. The van der Waals surface area contributed by atoms with Crippen LogP contribution in [0.5, 0.6) is 0 Å². The molecule has 0 aromatic rings. The van der Waals surface area contributed by atoms with Crippen molar-refractivity contribution in [2.45, 2.75) is 31.8 Å². The Labute approximate surface area is 68.5 Å². The zero-order chi connectivity index (χ0) is 7.73. The van der Waals surface area contributed by atoms with Crippen LogP contribution in [0.4, 0.5) is 0 Å². The third-order valence-corrected chi connectivity index (χ3v) is 2.75. The number of hydrogen-bond acceptors (Lipinski definition) is 2. The molecule has 0 N–H and O–H groups in total. The van der Waals surface area contributed by atoms with Gasteiger partial charge in [-0.3, -0.25) is 4.90 Å². The Hall–Kier alpha value is -0.0800. The topological polar surface area (TPSA) is 12.5 Å². The molecule has 11 heavy (non-hydrogen) atoms. The highest BCUT2D eigenvalue weighted by atomic mass is 16.5. The van der Waals surface area contributed by atoms with Gasteiger partial charge >= 0.3 is 0 Å². The van der Waals surface area contributed by atoms with Crippen molar-refractivity contribution in [1.29, 1.82) is 0 Å². The normalized spacial score (nSPS) is 29.2. The number of ether oxygens (including phenoxy) is 1. The molecule has 1 spiro atoms. The predicted octanol–water partition coefficient (Wildman–Crippen LogP) is 1.26. The molecule has 2 saturated heterocycles. The van der Waals surface area contributed by atoms with Gasteiger partial charge in [-0.25, -0.2) is 0 Å². The summed E-state index contributed by atoms with van der Waals surface area (Å²) in [6, 6.07) is 0.